The van der Waals surface area contributed by atoms with E-state index in [1.807, 2.05) is 18.2 Å². The molecule has 2 rings (SSSR count). The summed E-state index contributed by atoms with van der Waals surface area (Å²) >= 11 is 0. The Balaban J connectivity index is 2.30. The molecule has 0 atom stereocenters. The number of aryl methyl sites for hydroxylation is 2. The SMILES string of the molecule is CC(=O)NN(C(C)=O)c1ccc2c(c1)CCC2. The maximum atomic E-state index is 11.5. The average molecular weight is 232 g/mol. The Labute approximate surface area is 101 Å². The highest BCUT2D eigenvalue weighted by Crippen LogP contribution is 2.26. The van der Waals surface area contributed by atoms with E-state index in [1.54, 1.807) is 0 Å². The molecule has 90 valence electrons. The van der Waals surface area contributed by atoms with Gasteiger partial charge in [0.2, 0.25) is 11.8 Å². The number of hydrogen-bond donors (Lipinski definition) is 1. The van der Waals surface area contributed by atoms with Crippen LogP contribution in [-0.2, 0) is 22.4 Å². The summed E-state index contributed by atoms with van der Waals surface area (Å²) in [6, 6.07) is 5.90. The summed E-state index contributed by atoms with van der Waals surface area (Å²) in [5, 5.41) is 1.29. The molecule has 0 aliphatic heterocycles. The third-order valence-electron chi connectivity index (χ3n) is 2.92. The van der Waals surface area contributed by atoms with Gasteiger partial charge in [0.05, 0.1) is 5.69 Å². The predicted molar refractivity (Wildman–Crippen MR) is 65.4 cm³/mol. The monoisotopic (exact) mass is 232 g/mol. The lowest BCUT2D eigenvalue weighted by Crippen LogP contribution is -2.44. The molecule has 4 nitrogen and oxygen atoms in total. The highest BCUT2D eigenvalue weighted by atomic mass is 16.2. The second-order valence-electron chi connectivity index (χ2n) is 4.33. The predicted octanol–water partition coefficient (Wildman–Crippen LogP) is 1.58. The van der Waals surface area contributed by atoms with Crippen molar-refractivity contribution in [2.24, 2.45) is 0 Å². The normalized spacial score (nSPS) is 13.1. The van der Waals surface area contributed by atoms with Crippen LogP contribution in [0.3, 0.4) is 0 Å². The molecule has 2 amide bonds. The van der Waals surface area contributed by atoms with Crippen LogP contribution in [0.2, 0.25) is 0 Å². The first-order chi connectivity index (χ1) is 8.08. The fraction of sp³-hybridized carbons (Fsp3) is 0.385. The number of rotatable bonds is 1. The Bertz CT molecular complexity index is 468. The first-order valence-corrected chi connectivity index (χ1v) is 5.77. The zero-order valence-corrected chi connectivity index (χ0v) is 10.1. The van der Waals surface area contributed by atoms with Crippen LogP contribution in [0, 0.1) is 0 Å². The number of carbonyl (C=O) groups excluding carboxylic acids is 2. The fourth-order valence-corrected chi connectivity index (χ4v) is 2.18. The molecular formula is C13H16N2O2. The van der Waals surface area contributed by atoms with E-state index >= 15 is 0 Å². The molecule has 0 bridgehead atoms. The number of benzene rings is 1. The van der Waals surface area contributed by atoms with E-state index in [1.165, 1.54) is 36.4 Å². The van der Waals surface area contributed by atoms with E-state index in [9.17, 15) is 9.59 Å². The van der Waals surface area contributed by atoms with Crippen LogP contribution in [0.1, 0.15) is 31.4 Å². The molecule has 1 aliphatic carbocycles. The minimum absolute atomic E-state index is 0.196. The molecule has 1 N–H and O–H groups in total. The van der Waals surface area contributed by atoms with E-state index in [4.69, 9.17) is 0 Å². The van der Waals surface area contributed by atoms with Crippen LogP contribution in [0.5, 0.6) is 0 Å². The van der Waals surface area contributed by atoms with Gasteiger partial charge in [0.15, 0.2) is 0 Å². The van der Waals surface area contributed by atoms with Gasteiger partial charge in [0.1, 0.15) is 0 Å². The number of amides is 2. The fourth-order valence-electron chi connectivity index (χ4n) is 2.18. The van der Waals surface area contributed by atoms with Gasteiger partial charge in [0.25, 0.3) is 0 Å². The number of hydrogen-bond acceptors (Lipinski definition) is 2. The van der Waals surface area contributed by atoms with E-state index in [0.717, 1.165) is 18.5 Å². The van der Waals surface area contributed by atoms with Crippen molar-refractivity contribution in [1.29, 1.82) is 0 Å². The third kappa shape index (κ3) is 2.46. The molecule has 1 aromatic rings. The van der Waals surface area contributed by atoms with Crippen LogP contribution in [0.15, 0.2) is 18.2 Å². The van der Waals surface area contributed by atoms with Crippen molar-refractivity contribution in [3.05, 3.63) is 29.3 Å². The summed E-state index contributed by atoms with van der Waals surface area (Å²) in [4.78, 5) is 22.6. The molecule has 17 heavy (non-hydrogen) atoms. The lowest BCUT2D eigenvalue weighted by molar-refractivity contribution is -0.123. The largest absolute Gasteiger partial charge is 0.274 e. The highest BCUT2D eigenvalue weighted by Gasteiger charge is 2.16. The van der Waals surface area contributed by atoms with Crippen LogP contribution < -0.4 is 10.4 Å². The second-order valence-corrected chi connectivity index (χ2v) is 4.33. The van der Waals surface area contributed by atoms with Crippen molar-refractivity contribution in [1.82, 2.24) is 5.43 Å². The van der Waals surface area contributed by atoms with E-state index in [0.29, 0.717) is 0 Å². The highest BCUT2D eigenvalue weighted by molar-refractivity contribution is 5.94. The standard InChI is InChI=1S/C13H16N2O2/c1-9(16)14-15(10(2)17)13-7-6-11-4-3-5-12(11)8-13/h6-8H,3-5H2,1-2H3,(H,14,16). The molecule has 0 spiro atoms. The van der Waals surface area contributed by atoms with Gasteiger partial charge in [0, 0.05) is 13.8 Å². The van der Waals surface area contributed by atoms with Crippen molar-refractivity contribution < 1.29 is 9.59 Å². The summed E-state index contributed by atoms with van der Waals surface area (Å²) in [5.41, 5.74) is 5.89. The average Bonchev–Trinajstić information content (AvgIpc) is 2.72. The topological polar surface area (TPSA) is 49.4 Å². The maximum Gasteiger partial charge on any atom is 0.242 e. The van der Waals surface area contributed by atoms with E-state index < -0.39 is 0 Å². The van der Waals surface area contributed by atoms with Crippen LogP contribution in [0.4, 0.5) is 5.69 Å². The summed E-state index contributed by atoms with van der Waals surface area (Å²) in [7, 11) is 0. The first kappa shape index (κ1) is 11.6. The number of anilines is 1. The third-order valence-corrected chi connectivity index (χ3v) is 2.92. The molecule has 0 unspecified atom stereocenters. The molecule has 1 aromatic carbocycles. The lowest BCUT2D eigenvalue weighted by Gasteiger charge is -2.21. The molecule has 0 radical (unpaired) electrons. The minimum Gasteiger partial charge on any atom is -0.274 e. The molecule has 0 heterocycles. The molecular weight excluding hydrogens is 216 g/mol. The van der Waals surface area contributed by atoms with Gasteiger partial charge in [-0.2, -0.15) is 0 Å². The number of fused-ring (bicyclic) bond motifs is 1. The Morgan fingerprint density at radius 2 is 1.88 bits per heavy atom. The van der Waals surface area contributed by atoms with Crippen LogP contribution in [-0.4, -0.2) is 11.8 Å². The number of carbonyl (C=O) groups is 2. The number of nitrogens with zero attached hydrogens (tertiary/aromatic N) is 1. The Morgan fingerprint density at radius 1 is 1.18 bits per heavy atom. The molecule has 0 saturated carbocycles. The molecule has 0 aromatic heterocycles. The van der Waals surface area contributed by atoms with Gasteiger partial charge in [-0.05, 0) is 42.5 Å². The van der Waals surface area contributed by atoms with Gasteiger partial charge >= 0.3 is 0 Å². The van der Waals surface area contributed by atoms with E-state index in [-0.39, 0.29) is 11.8 Å². The molecule has 4 heteroatoms. The van der Waals surface area contributed by atoms with Crippen molar-refractivity contribution in [3.63, 3.8) is 0 Å². The van der Waals surface area contributed by atoms with E-state index in [2.05, 4.69) is 5.43 Å². The van der Waals surface area contributed by atoms with Crippen LogP contribution in [0.25, 0.3) is 0 Å². The molecule has 1 aliphatic rings. The first-order valence-electron chi connectivity index (χ1n) is 5.77. The smallest absolute Gasteiger partial charge is 0.242 e. The summed E-state index contributed by atoms with van der Waals surface area (Å²) in [6.07, 6.45) is 3.32. The summed E-state index contributed by atoms with van der Waals surface area (Å²) in [5.74, 6) is -0.446. The van der Waals surface area contributed by atoms with Gasteiger partial charge in [-0.3, -0.25) is 15.0 Å². The van der Waals surface area contributed by atoms with Gasteiger partial charge in [-0.25, -0.2) is 5.01 Å². The molecule has 0 saturated heterocycles. The van der Waals surface area contributed by atoms with Crippen molar-refractivity contribution >= 4 is 17.5 Å². The van der Waals surface area contributed by atoms with Gasteiger partial charge < -0.3 is 0 Å². The summed E-state index contributed by atoms with van der Waals surface area (Å²) < 4.78 is 0. The Hall–Kier alpha value is -1.84. The number of nitrogens with one attached hydrogen (secondary N) is 1. The Kier molecular flexibility index (Phi) is 3.13. The van der Waals surface area contributed by atoms with Crippen LogP contribution >= 0.6 is 0 Å². The summed E-state index contributed by atoms with van der Waals surface area (Å²) in [6.45, 7) is 2.83. The lowest BCUT2D eigenvalue weighted by atomic mass is 10.1. The van der Waals surface area contributed by atoms with Gasteiger partial charge in [-0.15, -0.1) is 0 Å². The second kappa shape index (κ2) is 4.57. The quantitative estimate of drug-likeness (QED) is 0.747. The van der Waals surface area contributed by atoms with Crippen molar-refractivity contribution in [2.45, 2.75) is 33.1 Å². The minimum atomic E-state index is -0.249. The van der Waals surface area contributed by atoms with Crippen molar-refractivity contribution in [3.8, 4) is 0 Å². The Morgan fingerprint density at radius 3 is 2.53 bits per heavy atom. The van der Waals surface area contributed by atoms with Gasteiger partial charge in [-0.1, -0.05) is 6.07 Å². The zero-order valence-electron chi connectivity index (χ0n) is 10.1. The maximum absolute atomic E-state index is 11.5. The zero-order chi connectivity index (χ0) is 12.4. The van der Waals surface area contributed by atoms with Crippen molar-refractivity contribution in [2.75, 3.05) is 5.01 Å². The number of hydrazine groups is 1. The molecule has 0 fully saturated rings.